The van der Waals surface area contributed by atoms with E-state index in [9.17, 15) is 0 Å². The molecule has 0 atom stereocenters. The summed E-state index contributed by atoms with van der Waals surface area (Å²) in [5.41, 5.74) is 0. The molecule has 0 heterocycles. The van der Waals surface area contributed by atoms with Gasteiger partial charge in [0.05, 0.1) is 0 Å². The van der Waals surface area contributed by atoms with Crippen LogP contribution in [0, 0.1) is 18.8 Å². The first-order valence-corrected chi connectivity index (χ1v) is 17.7. The van der Waals surface area contributed by atoms with Crippen molar-refractivity contribution in [3.63, 3.8) is 0 Å². The number of ether oxygens (including phenoxy) is 1. The molecule has 0 aliphatic heterocycles. The molecule has 0 bridgehead atoms. The molecular formula is C36H76KNO. The molecule has 0 saturated heterocycles. The molecular weight excluding hydrogens is 502 g/mol. The molecule has 0 aromatic rings. The second-order valence-corrected chi connectivity index (χ2v) is 12.0. The van der Waals surface area contributed by atoms with E-state index in [-0.39, 0.29) is 51.4 Å². The van der Waals surface area contributed by atoms with Crippen LogP contribution in [-0.2, 0) is 4.74 Å². The summed E-state index contributed by atoms with van der Waals surface area (Å²) in [6, 6.07) is 0. The van der Waals surface area contributed by atoms with Crippen LogP contribution in [0.4, 0.5) is 0 Å². The van der Waals surface area contributed by atoms with Crippen LogP contribution in [0.15, 0.2) is 0 Å². The minimum Gasteiger partial charge on any atom is -0.385 e. The predicted molar refractivity (Wildman–Crippen MR) is 175 cm³/mol. The maximum absolute atomic E-state index is 4.84. The van der Waals surface area contributed by atoms with E-state index < -0.39 is 0 Å². The van der Waals surface area contributed by atoms with E-state index in [0.717, 1.165) is 24.9 Å². The normalized spacial score (nSPS) is 12.7. The van der Waals surface area contributed by atoms with Gasteiger partial charge in [0.15, 0.2) is 0 Å². The third-order valence-electron chi connectivity index (χ3n) is 8.15. The van der Waals surface area contributed by atoms with Crippen molar-refractivity contribution in [3.8, 4) is 0 Å². The Kier molecular flexibility index (Phi) is 48.1. The first kappa shape index (κ1) is 45.0. The van der Waals surface area contributed by atoms with Gasteiger partial charge >= 0.3 is 51.4 Å². The van der Waals surface area contributed by atoms with Crippen molar-refractivity contribution in [1.29, 1.82) is 0 Å². The molecule has 1 aliphatic carbocycles. The molecule has 0 radical (unpaired) electrons. The first-order chi connectivity index (χ1) is 18.7. The van der Waals surface area contributed by atoms with Crippen LogP contribution in [0.2, 0.25) is 0 Å². The Morgan fingerprint density at radius 2 is 1.13 bits per heavy atom. The van der Waals surface area contributed by atoms with Crippen LogP contribution in [0.1, 0.15) is 188 Å². The fourth-order valence-corrected chi connectivity index (χ4v) is 5.10. The zero-order chi connectivity index (χ0) is 28.4. The minimum absolute atomic E-state index is 0. The largest absolute Gasteiger partial charge is 1.00 e. The number of methoxy groups -OCH3 is 1. The fraction of sp³-hybridized carbons (Fsp3) is 0.972. The smallest absolute Gasteiger partial charge is 0.385 e. The average Bonchev–Trinajstić information content (AvgIpc) is 2.90. The minimum atomic E-state index is 0. The standard InChI is InChI=1S/C15H32N.C15H30.C6H14O.K/c1-3-5-7-9-11-13-15-16-14-12-10-8-6-4-2;1-3-5-8-14(9-6-4-2)12-13-15-10-7-11-15;1-3-4-5-6-7-2;/h16H,2-15H2,1H3;14-15H,3-13H2,1-2H3;3-6H2,1-2H3;/q-1;;;+1. The third kappa shape index (κ3) is 39.6. The summed E-state index contributed by atoms with van der Waals surface area (Å²) < 4.78 is 4.84. The average molecular weight is 578 g/mol. The van der Waals surface area contributed by atoms with Crippen molar-refractivity contribution in [2.24, 2.45) is 11.8 Å². The van der Waals surface area contributed by atoms with E-state index >= 15 is 0 Å². The molecule has 1 saturated carbocycles. The van der Waals surface area contributed by atoms with E-state index in [1.54, 1.807) is 7.11 Å². The van der Waals surface area contributed by atoms with E-state index in [1.165, 1.54) is 167 Å². The summed E-state index contributed by atoms with van der Waals surface area (Å²) in [6.07, 6.45) is 35.0. The van der Waals surface area contributed by atoms with Crippen molar-refractivity contribution in [3.05, 3.63) is 6.92 Å². The molecule has 1 N–H and O–H groups in total. The topological polar surface area (TPSA) is 21.3 Å². The van der Waals surface area contributed by atoms with Gasteiger partial charge in [-0.3, -0.25) is 0 Å². The summed E-state index contributed by atoms with van der Waals surface area (Å²) in [5, 5.41) is 3.54. The van der Waals surface area contributed by atoms with Gasteiger partial charge in [0, 0.05) is 13.7 Å². The second kappa shape index (κ2) is 41.7. The Hall–Kier alpha value is 1.56. The van der Waals surface area contributed by atoms with Crippen LogP contribution in [-0.4, -0.2) is 26.8 Å². The van der Waals surface area contributed by atoms with Gasteiger partial charge < -0.3 is 17.0 Å². The van der Waals surface area contributed by atoms with Crippen LogP contribution in [0.25, 0.3) is 0 Å². The van der Waals surface area contributed by atoms with Crippen molar-refractivity contribution in [2.75, 3.05) is 26.8 Å². The van der Waals surface area contributed by atoms with Crippen molar-refractivity contribution >= 4 is 0 Å². The molecule has 1 aliphatic rings. The molecule has 39 heavy (non-hydrogen) atoms. The molecule has 1 fully saturated rings. The van der Waals surface area contributed by atoms with Gasteiger partial charge in [-0.15, -0.1) is 0 Å². The number of unbranched alkanes of at least 4 members (excludes halogenated alkanes) is 13. The van der Waals surface area contributed by atoms with Crippen molar-refractivity contribution < 1.29 is 56.1 Å². The van der Waals surface area contributed by atoms with E-state index in [2.05, 4.69) is 39.9 Å². The van der Waals surface area contributed by atoms with Gasteiger partial charge in [-0.25, -0.2) is 0 Å². The quantitative estimate of drug-likeness (QED) is 0.0629. The van der Waals surface area contributed by atoms with Crippen LogP contribution in [0.3, 0.4) is 0 Å². The maximum Gasteiger partial charge on any atom is 1.00 e. The maximum atomic E-state index is 4.84. The zero-order valence-corrected chi connectivity index (χ0v) is 31.7. The molecule has 2 nitrogen and oxygen atoms in total. The van der Waals surface area contributed by atoms with Gasteiger partial charge in [0.2, 0.25) is 0 Å². The number of rotatable bonds is 26. The summed E-state index contributed by atoms with van der Waals surface area (Å²) in [4.78, 5) is 0. The van der Waals surface area contributed by atoms with E-state index in [4.69, 9.17) is 4.74 Å². The zero-order valence-electron chi connectivity index (χ0n) is 28.6. The van der Waals surface area contributed by atoms with Gasteiger partial charge in [0.25, 0.3) is 0 Å². The molecule has 232 valence electrons. The second-order valence-electron chi connectivity index (χ2n) is 12.0. The molecule has 0 unspecified atom stereocenters. The predicted octanol–water partition coefficient (Wildman–Crippen LogP) is 9.11. The van der Waals surface area contributed by atoms with Crippen LogP contribution < -0.4 is 56.7 Å². The van der Waals surface area contributed by atoms with Gasteiger partial charge in [-0.1, -0.05) is 163 Å². The molecule has 0 aromatic heterocycles. The Balaban J connectivity index is -0.000000527. The third-order valence-corrected chi connectivity index (χ3v) is 8.15. The fourth-order valence-electron chi connectivity index (χ4n) is 5.10. The van der Waals surface area contributed by atoms with Gasteiger partial charge in [-0.2, -0.15) is 6.42 Å². The summed E-state index contributed by atoms with van der Waals surface area (Å²) >= 11 is 0. The Morgan fingerprint density at radius 3 is 1.59 bits per heavy atom. The summed E-state index contributed by atoms with van der Waals surface area (Å²) in [7, 11) is 1.75. The molecule has 0 aromatic carbocycles. The SMILES string of the molecule is CCCCC(CCCC)CCC1CCC1.CCCCCOC.[CH2-]CCCCCCNCCCCCCCC.[K+]. The number of hydrogen-bond donors (Lipinski definition) is 1. The van der Waals surface area contributed by atoms with Crippen LogP contribution in [0.5, 0.6) is 0 Å². The van der Waals surface area contributed by atoms with Crippen molar-refractivity contribution in [1.82, 2.24) is 5.32 Å². The number of hydrogen-bond acceptors (Lipinski definition) is 2. The van der Waals surface area contributed by atoms with Crippen LogP contribution >= 0.6 is 0 Å². The molecule has 0 spiro atoms. The van der Waals surface area contributed by atoms with E-state index in [0.29, 0.717) is 0 Å². The molecule has 0 amide bonds. The summed E-state index contributed by atoms with van der Waals surface area (Å²) in [6.45, 7) is 16.3. The van der Waals surface area contributed by atoms with Crippen molar-refractivity contribution in [2.45, 2.75) is 188 Å². The Bertz CT molecular complexity index is 362. The number of nitrogens with one attached hydrogen (secondary N) is 1. The van der Waals surface area contributed by atoms with E-state index in [1.807, 2.05) is 0 Å². The van der Waals surface area contributed by atoms with Gasteiger partial charge in [-0.05, 0) is 44.2 Å². The first-order valence-electron chi connectivity index (χ1n) is 17.7. The Labute approximate surface area is 292 Å². The molecule has 3 heteroatoms. The Morgan fingerprint density at radius 1 is 0.641 bits per heavy atom. The summed E-state index contributed by atoms with van der Waals surface area (Å²) in [5.74, 6) is 2.18. The molecule has 1 rings (SSSR count). The van der Waals surface area contributed by atoms with Gasteiger partial charge in [0.1, 0.15) is 0 Å². The monoisotopic (exact) mass is 578 g/mol.